The van der Waals surface area contributed by atoms with Crippen molar-refractivity contribution in [3.8, 4) is 0 Å². The maximum Gasteiger partial charge on any atom is 0.330 e. The predicted molar refractivity (Wildman–Crippen MR) is 171 cm³/mol. The number of benzene rings is 2. The maximum atomic E-state index is 14.0. The molecule has 3 aromatic rings. The number of sulfone groups is 1. The zero-order valence-corrected chi connectivity index (χ0v) is 27.3. The number of nitrogens with zero attached hydrogens (tertiary/aromatic N) is 1. The van der Waals surface area contributed by atoms with Crippen LogP contribution >= 0.6 is 0 Å². The van der Waals surface area contributed by atoms with E-state index in [1.165, 1.54) is 11.6 Å². The van der Waals surface area contributed by atoms with Crippen molar-refractivity contribution in [3.63, 3.8) is 0 Å². The fourth-order valence-corrected chi connectivity index (χ4v) is 6.98. The number of amides is 1. The van der Waals surface area contributed by atoms with Crippen molar-refractivity contribution in [3.05, 3.63) is 88.2 Å². The van der Waals surface area contributed by atoms with E-state index in [2.05, 4.69) is 33.8 Å². The van der Waals surface area contributed by atoms with Gasteiger partial charge < -0.3 is 21.1 Å². The van der Waals surface area contributed by atoms with E-state index < -0.39 is 57.3 Å². The Hall–Kier alpha value is -3.68. The average molecular weight is 660 g/mol. The summed E-state index contributed by atoms with van der Waals surface area (Å²) < 4.78 is 59.7. The Morgan fingerprint density at radius 2 is 1.80 bits per heavy atom. The van der Waals surface area contributed by atoms with E-state index in [9.17, 15) is 26.8 Å². The van der Waals surface area contributed by atoms with Gasteiger partial charge in [-0.15, -0.1) is 0 Å². The summed E-state index contributed by atoms with van der Waals surface area (Å²) in [5.41, 5.74) is 9.28. The van der Waals surface area contributed by atoms with Crippen molar-refractivity contribution in [2.45, 2.75) is 83.0 Å². The standard InChI is InChI=1S/C33H43F2N5O5S/c1-4-6-12-46(43,44)20-29(38-31(41)28-13-21(3)39-40-28)32(42)45-30(27(36)17-23-15-25(34)18-26(35)16-23)19-37-33(10-11-33)24-9-7-8-22(5-2)14-24/h7-9,13-16,18,27,29-30,37H,4-6,10-12,17,19-20,36H2,1-3H3,(H,38,41)(H,39,40)/t27-,29+,30+/m0/s1. The summed E-state index contributed by atoms with van der Waals surface area (Å²) in [6, 6.07) is 10.2. The van der Waals surface area contributed by atoms with Gasteiger partial charge in [0.05, 0.1) is 11.5 Å². The highest BCUT2D eigenvalue weighted by atomic mass is 32.2. The van der Waals surface area contributed by atoms with Crippen LogP contribution < -0.4 is 16.4 Å². The average Bonchev–Trinajstić information content (AvgIpc) is 3.68. The van der Waals surface area contributed by atoms with Crippen molar-refractivity contribution in [1.29, 1.82) is 0 Å². The van der Waals surface area contributed by atoms with Gasteiger partial charge in [0.25, 0.3) is 5.91 Å². The lowest BCUT2D eigenvalue weighted by molar-refractivity contribution is -0.151. The molecule has 10 nitrogen and oxygen atoms in total. The summed E-state index contributed by atoms with van der Waals surface area (Å²) in [5.74, 6) is -4.13. The molecular formula is C33H43F2N5O5S. The zero-order chi connectivity index (χ0) is 33.5. The number of aromatic nitrogens is 2. The highest BCUT2D eigenvalue weighted by molar-refractivity contribution is 7.91. The Morgan fingerprint density at radius 3 is 2.41 bits per heavy atom. The molecule has 1 amide bonds. The van der Waals surface area contributed by atoms with Crippen molar-refractivity contribution >= 4 is 21.7 Å². The van der Waals surface area contributed by atoms with Crippen molar-refractivity contribution in [1.82, 2.24) is 20.8 Å². The number of carbonyl (C=O) groups excluding carboxylic acids is 2. The minimum atomic E-state index is -3.77. The Kier molecular flexibility index (Phi) is 11.7. The number of rotatable bonds is 17. The number of hydrogen-bond acceptors (Lipinski definition) is 8. The van der Waals surface area contributed by atoms with Gasteiger partial charge in [0.1, 0.15) is 29.5 Å². The van der Waals surface area contributed by atoms with Crippen LogP contribution in [0.3, 0.4) is 0 Å². The van der Waals surface area contributed by atoms with Crippen molar-refractivity contribution < 1.29 is 31.5 Å². The van der Waals surface area contributed by atoms with Crippen molar-refractivity contribution in [2.24, 2.45) is 5.73 Å². The lowest BCUT2D eigenvalue weighted by Gasteiger charge is -2.29. The van der Waals surface area contributed by atoms with Crippen LogP contribution in [0.2, 0.25) is 0 Å². The van der Waals surface area contributed by atoms with E-state index in [-0.39, 0.29) is 35.5 Å². The molecule has 13 heteroatoms. The second kappa shape index (κ2) is 15.3. The van der Waals surface area contributed by atoms with Crippen LogP contribution in [-0.2, 0) is 37.7 Å². The number of hydrogen-bond donors (Lipinski definition) is 4. The number of ether oxygens (including phenoxy) is 1. The Labute approximate surface area is 268 Å². The SMILES string of the molecule is CCCCS(=O)(=O)C[C@@H](NC(=O)c1cc(C)[nH]n1)C(=O)O[C@H](CNC1(c2cccc(CC)c2)CC1)[C@@H](N)Cc1cc(F)cc(F)c1. The topological polar surface area (TPSA) is 156 Å². The highest BCUT2D eigenvalue weighted by Crippen LogP contribution is 2.45. The van der Waals surface area contributed by atoms with Crippen LogP contribution in [0.5, 0.6) is 0 Å². The molecule has 1 saturated carbocycles. The normalized spacial score (nSPS) is 16.0. The first-order valence-electron chi connectivity index (χ1n) is 15.6. The lowest BCUT2D eigenvalue weighted by Crippen LogP contribution is -2.52. The summed E-state index contributed by atoms with van der Waals surface area (Å²) in [6.07, 6.45) is 2.47. The first-order valence-corrected chi connectivity index (χ1v) is 17.4. The molecule has 0 spiro atoms. The molecule has 1 fully saturated rings. The molecule has 250 valence electrons. The molecule has 3 atom stereocenters. The first kappa shape index (κ1) is 35.2. The number of nitrogens with one attached hydrogen (secondary N) is 3. The molecule has 4 rings (SSSR count). The van der Waals surface area contributed by atoms with Crippen LogP contribution in [0.15, 0.2) is 48.5 Å². The van der Waals surface area contributed by atoms with Gasteiger partial charge in [0, 0.05) is 29.9 Å². The molecule has 0 saturated heterocycles. The van der Waals surface area contributed by atoms with Gasteiger partial charge >= 0.3 is 5.97 Å². The third kappa shape index (κ3) is 9.66. The first-order chi connectivity index (χ1) is 21.8. The highest BCUT2D eigenvalue weighted by Gasteiger charge is 2.45. The fraction of sp³-hybridized carbons (Fsp3) is 0.485. The molecule has 1 aliphatic rings. The number of esters is 1. The molecule has 0 aliphatic heterocycles. The molecule has 46 heavy (non-hydrogen) atoms. The summed E-state index contributed by atoms with van der Waals surface area (Å²) in [6.45, 7) is 5.68. The minimum Gasteiger partial charge on any atom is -0.458 e. The quantitative estimate of drug-likeness (QED) is 0.160. The van der Waals surface area contributed by atoms with Gasteiger partial charge in [-0.1, -0.05) is 44.5 Å². The van der Waals surface area contributed by atoms with E-state index in [0.717, 1.165) is 43.0 Å². The van der Waals surface area contributed by atoms with Gasteiger partial charge in [-0.2, -0.15) is 5.10 Å². The van der Waals surface area contributed by atoms with Gasteiger partial charge in [-0.3, -0.25) is 9.89 Å². The van der Waals surface area contributed by atoms with Gasteiger partial charge in [-0.05, 0) is 73.9 Å². The summed E-state index contributed by atoms with van der Waals surface area (Å²) in [7, 11) is -3.77. The minimum absolute atomic E-state index is 0.0192. The third-order valence-electron chi connectivity index (χ3n) is 8.18. The lowest BCUT2D eigenvalue weighted by atomic mass is 9.98. The van der Waals surface area contributed by atoms with Gasteiger partial charge in [-0.25, -0.2) is 22.0 Å². The van der Waals surface area contributed by atoms with E-state index in [0.29, 0.717) is 18.5 Å². The molecule has 1 aliphatic carbocycles. The van der Waals surface area contributed by atoms with E-state index in [4.69, 9.17) is 10.5 Å². The number of carbonyl (C=O) groups is 2. The summed E-state index contributed by atoms with van der Waals surface area (Å²) in [5, 5.41) is 12.5. The smallest absolute Gasteiger partial charge is 0.330 e. The molecule has 1 heterocycles. The predicted octanol–water partition coefficient (Wildman–Crippen LogP) is 3.63. The van der Waals surface area contributed by atoms with Crippen LogP contribution in [0.25, 0.3) is 0 Å². The number of unbranched alkanes of at least 4 members (excludes halogenated alkanes) is 1. The van der Waals surface area contributed by atoms with E-state index in [1.807, 2.05) is 25.1 Å². The number of nitrogens with two attached hydrogens (primary N) is 1. The number of H-pyrrole nitrogens is 1. The summed E-state index contributed by atoms with van der Waals surface area (Å²) in [4.78, 5) is 26.7. The van der Waals surface area contributed by atoms with Crippen LogP contribution in [-0.4, -0.2) is 66.7 Å². The molecule has 0 bridgehead atoms. The Balaban J connectivity index is 1.58. The molecule has 1 aromatic heterocycles. The molecular weight excluding hydrogens is 616 g/mol. The maximum absolute atomic E-state index is 14.0. The number of aryl methyl sites for hydroxylation is 2. The molecule has 0 radical (unpaired) electrons. The van der Waals surface area contributed by atoms with Crippen LogP contribution in [0.1, 0.15) is 72.4 Å². The van der Waals surface area contributed by atoms with Crippen LogP contribution in [0, 0.1) is 18.6 Å². The number of aromatic amines is 1. The summed E-state index contributed by atoms with van der Waals surface area (Å²) >= 11 is 0. The second-order valence-corrected chi connectivity index (χ2v) is 14.3. The van der Waals surface area contributed by atoms with Gasteiger partial charge in [0.2, 0.25) is 0 Å². The van der Waals surface area contributed by atoms with Crippen molar-refractivity contribution in [2.75, 3.05) is 18.1 Å². The second-order valence-electron chi connectivity index (χ2n) is 12.1. The van der Waals surface area contributed by atoms with Crippen LogP contribution in [0.4, 0.5) is 8.78 Å². The zero-order valence-electron chi connectivity index (χ0n) is 26.4. The molecule has 2 aromatic carbocycles. The van der Waals surface area contributed by atoms with Gasteiger partial charge in [0.15, 0.2) is 9.84 Å². The largest absolute Gasteiger partial charge is 0.458 e. The van der Waals surface area contributed by atoms with E-state index >= 15 is 0 Å². The number of halogens is 2. The molecule has 0 unspecified atom stereocenters. The Bertz CT molecular complexity index is 1610. The monoisotopic (exact) mass is 659 g/mol. The fourth-order valence-electron chi connectivity index (χ4n) is 5.36. The molecule has 5 N–H and O–H groups in total. The Morgan fingerprint density at radius 1 is 1.09 bits per heavy atom. The third-order valence-corrected chi connectivity index (χ3v) is 9.93. The van der Waals surface area contributed by atoms with E-state index in [1.54, 1.807) is 6.92 Å².